The van der Waals surface area contributed by atoms with Gasteiger partial charge in [-0.15, -0.1) is 12.4 Å². The maximum atomic E-state index is 5.93. The summed E-state index contributed by atoms with van der Waals surface area (Å²) < 4.78 is 11.7. The summed E-state index contributed by atoms with van der Waals surface area (Å²) in [5, 5.41) is 0. The van der Waals surface area contributed by atoms with E-state index in [0.717, 1.165) is 48.4 Å². The molecule has 0 amide bonds. The zero-order valence-electron chi connectivity index (χ0n) is 11.9. The quantitative estimate of drug-likeness (QED) is 0.891. The van der Waals surface area contributed by atoms with E-state index in [1.165, 1.54) is 5.56 Å². The van der Waals surface area contributed by atoms with Crippen LogP contribution in [0.15, 0.2) is 16.6 Å². The van der Waals surface area contributed by atoms with Gasteiger partial charge in [-0.2, -0.15) is 0 Å². The first-order valence-corrected chi connectivity index (χ1v) is 7.31. The zero-order valence-corrected chi connectivity index (χ0v) is 14.3. The second kappa shape index (κ2) is 8.08. The summed E-state index contributed by atoms with van der Waals surface area (Å²) in [6.45, 7) is 3.03. The van der Waals surface area contributed by atoms with Gasteiger partial charge in [0.2, 0.25) is 0 Å². The van der Waals surface area contributed by atoms with Crippen molar-refractivity contribution < 1.29 is 9.47 Å². The number of halogens is 2. The molecule has 1 aliphatic rings. The Morgan fingerprint density at radius 3 is 2.30 bits per heavy atom. The van der Waals surface area contributed by atoms with Crippen molar-refractivity contribution in [1.29, 1.82) is 0 Å². The molecule has 0 spiro atoms. The van der Waals surface area contributed by atoms with Crippen LogP contribution in [-0.2, 0) is 6.54 Å². The average Bonchev–Trinajstić information content (AvgIpc) is 2.43. The molecular weight excluding hydrogens is 344 g/mol. The molecule has 1 heterocycles. The van der Waals surface area contributed by atoms with Crippen molar-refractivity contribution in [2.75, 3.05) is 27.3 Å². The second-order valence-electron chi connectivity index (χ2n) is 4.91. The fourth-order valence-electron chi connectivity index (χ4n) is 2.37. The molecule has 6 heteroatoms. The zero-order chi connectivity index (χ0) is 13.8. The smallest absolute Gasteiger partial charge is 0.161 e. The molecule has 1 aromatic carbocycles. The highest BCUT2D eigenvalue weighted by Crippen LogP contribution is 2.34. The molecule has 4 nitrogen and oxygen atoms in total. The van der Waals surface area contributed by atoms with Crippen LogP contribution in [0.3, 0.4) is 0 Å². The van der Waals surface area contributed by atoms with Crippen molar-refractivity contribution in [1.82, 2.24) is 4.90 Å². The molecule has 0 radical (unpaired) electrons. The van der Waals surface area contributed by atoms with Gasteiger partial charge in [-0.05, 0) is 43.6 Å². The maximum absolute atomic E-state index is 5.93. The van der Waals surface area contributed by atoms with Gasteiger partial charge in [-0.25, -0.2) is 0 Å². The number of likely N-dealkylation sites (tertiary alicyclic amines) is 1. The lowest BCUT2D eigenvalue weighted by molar-refractivity contribution is 0.205. The predicted octanol–water partition coefficient (Wildman–Crippen LogP) is 2.81. The average molecular weight is 366 g/mol. The Labute approximate surface area is 135 Å². The van der Waals surface area contributed by atoms with Gasteiger partial charge in [0.25, 0.3) is 0 Å². The minimum atomic E-state index is 0. The van der Waals surface area contributed by atoms with E-state index >= 15 is 0 Å². The van der Waals surface area contributed by atoms with Crippen LogP contribution < -0.4 is 15.2 Å². The van der Waals surface area contributed by atoms with Crippen molar-refractivity contribution in [3.05, 3.63) is 22.2 Å². The fourth-order valence-corrected chi connectivity index (χ4v) is 2.82. The predicted molar refractivity (Wildman–Crippen MR) is 87.0 cm³/mol. The number of hydrogen-bond acceptors (Lipinski definition) is 4. The van der Waals surface area contributed by atoms with E-state index in [1.54, 1.807) is 14.2 Å². The van der Waals surface area contributed by atoms with Gasteiger partial charge in [0.15, 0.2) is 11.5 Å². The fraction of sp³-hybridized carbons (Fsp3) is 0.571. The van der Waals surface area contributed by atoms with Gasteiger partial charge >= 0.3 is 0 Å². The molecule has 1 fully saturated rings. The highest BCUT2D eigenvalue weighted by Gasteiger charge is 2.18. The lowest BCUT2D eigenvalue weighted by Gasteiger charge is -2.30. The molecule has 114 valence electrons. The lowest BCUT2D eigenvalue weighted by Crippen LogP contribution is -2.39. The number of nitrogens with two attached hydrogens (primary N) is 1. The van der Waals surface area contributed by atoms with E-state index in [2.05, 4.69) is 20.8 Å². The van der Waals surface area contributed by atoms with Crippen LogP contribution in [0.4, 0.5) is 0 Å². The lowest BCUT2D eigenvalue weighted by atomic mass is 10.1. The van der Waals surface area contributed by atoms with Crippen LogP contribution >= 0.6 is 28.3 Å². The largest absolute Gasteiger partial charge is 0.493 e. The first-order chi connectivity index (χ1) is 9.13. The Morgan fingerprint density at radius 2 is 1.75 bits per heavy atom. The van der Waals surface area contributed by atoms with Gasteiger partial charge in [0.05, 0.1) is 14.2 Å². The molecule has 0 aliphatic carbocycles. The summed E-state index contributed by atoms with van der Waals surface area (Å²) in [5.41, 5.74) is 7.15. The molecule has 1 aromatic rings. The van der Waals surface area contributed by atoms with E-state index in [1.807, 2.05) is 12.1 Å². The Morgan fingerprint density at radius 1 is 1.20 bits per heavy atom. The molecule has 0 unspecified atom stereocenters. The van der Waals surface area contributed by atoms with Crippen LogP contribution in [0.1, 0.15) is 18.4 Å². The summed E-state index contributed by atoms with van der Waals surface area (Å²) in [6, 6.07) is 4.37. The molecule has 0 aromatic heterocycles. The van der Waals surface area contributed by atoms with Gasteiger partial charge < -0.3 is 15.2 Å². The number of ether oxygens (including phenoxy) is 2. The first kappa shape index (κ1) is 17.6. The molecule has 20 heavy (non-hydrogen) atoms. The number of methoxy groups -OCH3 is 2. The molecule has 1 aliphatic heterocycles. The molecule has 0 bridgehead atoms. The number of hydrogen-bond donors (Lipinski definition) is 1. The number of nitrogens with zero attached hydrogens (tertiary/aromatic N) is 1. The van der Waals surface area contributed by atoms with Crippen LogP contribution in [0.25, 0.3) is 0 Å². The number of rotatable bonds is 4. The number of benzene rings is 1. The molecule has 0 saturated carbocycles. The monoisotopic (exact) mass is 364 g/mol. The molecule has 0 atom stereocenters. The Hall–Kier alpha value is -0.490. The van der Waals surface area contributed by atoms with Gasteiger partial charge in [-0.3, -0.25) is 4.90 Å². The third-order valence-electron chi connectivity index (χ3n) is 3.58. The molecule has 2 N–H and O–H groups in total. The molecular formula is C14H22BrClN2O2. The van der Waals surface area contributed by atoms with Crippen molar-refractivity contribution in [2.24, 2.45) is 5.73 Å². The Balaban J connectivity index is 0.00000200. The van der Waals surface area contributed by atoms with E-state index in [-0.39, 0.29) is 12.4 Å². The van der Waals surface area contributed by atoms with Gasteiger partial charge in [-0.1, -0.05) is 15.9 Å². The standard InChI is InChI=1S/C14H21BrN2O2.ClH/c1-18-13-7-10(12(15)8-14(13)19-2)9-17-5-3-11(16)4-6-17;/h7-8,11H,3-6,9,16H2,1-2H3;1H. The summed E-state index contributed by atoms with van der Waals surface area (Å²) in [4.78, 5) is 2.43. The van der Waals surface area contributed by atoms with Crippen molar-refractivity contribution >= 4 is 28.3 Å². The van der Waals surface area contributed by atoms with Gasteiger partial charge in [0, 0.05) is 17.1 Å². The van der Waals surface area contributed by atoms with E-state index in [0.29, 0.717) is 6.04 Å². The maximum Gasteiger partial charge on any atom is 0.161 e. The minimum absolute atomic E-state index is 0. The highest BCUT2D eigenvalue weighted by molar-refractivity contribution is 9.10. The molecule has 1 saturated heterocycles. The van der Waals surface area contributed by atoms with Crippen LogP contribution in [0.2, 0.25) is 0 Å². The third kappa shape index (κ3) is 4.25. The van der Waals surface area contributed by atoms with Crippen molar-refractivity contribution in [3.63, 3.8) is 0 Å². The Bertz CT molecular complexity index is 437. The SMILES string of the molecule is COc1cc(Br)c(CN2CCC(N)CC2)cc1OC.Cl. The van der Waals surface area contributed by atoms with Crippen LogP contribution in [-0.4, -0.2) is 38.3 Å². The van der Waals surface area contributed by atoms with Crippen LogP contribution in [0, 0.1) is 0 Å². The summed E-state index contributed by atoms with van der Waals surface area (Å²) in [5.74, 6) is 1.52. The van der Waals surface area contributed by atoms with Crippen molar-refractivity contribution in [2.45, 2.75) is 25.4 Å². The molecule has 2 rings (SSSR count). The van der Waals surface area contributed by atoms with Crippen LogP contribution in [0.5, 0.6) is 11.5 Å². The van der Waals surface area contributed by atoms with Crippen molar-refractivity contribution in [3.8, 4) is 11.5 Å². The van der Waals surface area contributed by atoms with Gasteiger partial charge in [0.1, 0.15) is 0 Å². The van der Waals surface area contributed by atoms with E-state index in [4.69, 9.17) is 15.2 Å². The minimum Gasteiger partial charge on any atom is -0.493 e. The first-order valence-electron chi connectivity index (χ1n) is 6.52. The third-order valence-corrected chi connectivity index (χ3v) is 4.32. The highest BCUT2D eigenvalue weighted by atomic mass is 79.9. The Kier molecular flexibility index (Phi) is 7.09. The normalized spacial score (nSPS) is 16.6. The van der Waals surface area contributed by atoms with E-state index in [9.17, 15) is 0 Å². The summed E-state index contributed by atoms with van der Waals surface area (Å²) >= 11 is 3.60. The second-order valence-corrected chi connectivity index (χ2v) is 5.77. The summed E-state index contributed by atoms with van der Waals surface area (Å²) in [6.07, 6.45) is 2.15. The van der Waals surface area contributed by atoms with E-state index < -0.39 is 0 Å². The summed E-state index contributed by atoms with van der Waals surface area (Å²) in [7, 11) is 3.31. The number of piperidine rings is 1. The topological polar surface area (TPSA) is 47.7 Å².